The number of carbonyl (C=O) groups excluding carboxylic acids is 2. The molecule has 2 unspecified atom stereocenters. The van der Waals surface area contributed by atoms with Gasteiger partial charge in [0.25, 0.3) is 0 Å². The first kappa shape index (κ1) is 35.0. The quantitative estimate of drug-likeness (QED) is 0.171. The summed E-state index contributed by atoms with van der Waals surface area (Å²) in [5.74, 6) is 1.28. The number of carbonyl (C=O) groups is 2. The third-order valence-electron chi connectivity index (χ3n) is 12.9. The molecule has 1 aromatic heterocycles. The summed E-state index contributed by atoms with van der Waals surface area (Å²) < 4.78 is 36.7. The number of hydrogen-bond acceptors (Lipinski definition) is 14. The summed E-state index contributed by atoms with van der Waals surface area (Å²) in [4.78, 5) is 31.5. The minimum absolute atomic E-state index is 0.0496. The highest BCUT2D eigenvalue weighted by atomic mass is 32.2. The first-order valence-corrected chi connectivity index (χ1v) is 20.0. The zero-order valence-corrected chi connectivity index (χ0v) is 32.3. The number of phenols is 1. The molecule has 0 saturated carbocycles. The molecule has 6 aliphatic rings. The van der Waals surface area contributed by atoms with E-state index in [1.807, 2.05) is 44.4 Å². The van der Waals surface area contributed by atoms with Crippen molar-refractivity contribution in [3.8, 4) is 28.7 Å². The van der Waals surface area contributed by atoms with E-state index in [0.717, 1.165) is 27.6 Å². The van der Waals surface area contributed by atoms with Gasteiger partial charge >= 0.3 is 11.9 Å². The number of aliphatic hydroxyl groups is 1. The van der Waals surface area contributed by atoms with Gasteiger partial charge in [0.15, 0.2) is 29.0 Å². The lowest BCUT2D eigenvalue weighted by Crippen LogP contribution is -2.66. The molecule has 6 aliphatic heterocycles. The average Bonchev–Trinajstić information content (AvgIpc) is 3.90. The number of methoxy groups -OCH3 is 1. The van der Waals surface area contributed by atoms with Gasteiger partial charge in [-0.25, -0.2) is 4.79 Å². The van der Waals surface area contributed by atoms with Gasteiger partial charge in [0, 0.05) is 71.2 Å². The van der Waals surface area contributed by atoms with Crippen LogP contribution in [0.4, 0.5) is 0 Å². The van der Waals surface area contributed by atoms with Crippen molar-refractivity contribution in [3.63, 3.8) is 0 Å². The van der Waals surface area contributed by atoms with E-state index in [1.165, 1.54) is 6.92 Å². The molecule has 2 fully saturated rings. The molecule has 0 radical (unpaired) electrons. The van der Waals surface area contributed by atoms with Gasteiger partial charge in [0.2, 0.25) is 6.79 Å². The van der Waals surface area contributed by atoms with Gasteiger partial charge in [-0.15, -0.1) is 0 Å². The van der Waals surface area contributed by atoms with E-state index in [-0.39, 0.29) is 25.7 Å². The maximum atomic E-state index is 14.3. The number of rotatable bonds is 6. The predicted molar refractivity (Wildman–Crippen MR) is 201 cm³/mol. The Bertz CT molecular complexity index is 2340. The van der Waals surface area contributed by atoms with Crippen LogP contribution in [-0.4, -0.2) is 83.6 Å². The molecule has 0 aliphatic carbocycles. The number of furan rings is 1. The second-order valence-corrected chi connectivity index (χ2v) is 16.7. The Kier molecular flexibility index (Phi) is 7.64. The molecule has 14 heteroatoms. The molecule has 13 nitrogen and oxygen atoms in total. The number of fused-ring (bicyclic) bond motifs is 13. The van der Waals surface area contributed by atoms with Gasteiger partial charge in [0.05, 0.1) is 24.4 Å². The van der Waals surface area contributed by atoms with Gasteiger partial charge in [-0.2, -0.15) is 11.8 Å². The number of ether oxygens (including phenoxy) is 5. The molecule has 7 heterocycles. The summed E-state index contributed by atoms with van der Waals surface area (Å²) in [6.07, 6.45) is 3.02. The lowest BCUT2D eigenvalue weighted by atomic mass is 9.75. The standard InChI is InChI=1S/C41H43N3O10S/c1-18-13-23-26(32(46)33(18)49-5)30-31-38(55-6)28-27(37-35(51-17-52-37)19(2)34(28)53-20(3)45)24(44(31)41(48)15-40(23,4)43(30)16-41)14-50-39(47)29-36-22(11-12-42-29)21-9-7-8-10-25(21)54-36/h7-10,13,24,29-31,38,42,46,48H,11-12,14-17H2,1-6H3/t24-,29+,30+,31?,38+,40?,41-/m0/s1. The number of esters is 2. The van der Waals surface area contributed by atoms with E-state index in [2.05, 4.69) is 28.1 Å². The monoisotopic (exact) mass is 769 g/mol. The van der Waals surface area contributed by atoms with Crippen LogP contribution in [0.15, 0.2) is 34.7 Å². The molecule has 3 aromatic carbocycles. The Balaban J connectivity index is 1.16. The first-order valence-electron chi connectivity index (χ1n) is 18.7. The highest BCUT2D eigenvalue weighted by molar-refractivity contribution is 7.98. The molecule has 0 amide bonds. The number of aryl methyl sites for hydroxylation is 1. The van der Waals surface area contributed by atoms with Gasteiger partial charge in [-0.3, -0.25) is 19.9 Å². The number of aromatic hydroxyl groups is 1. The lowest BCUT2D eigenvalue weighted by Gasteiger charge is -2.58. The maximum Gasteiger partial charge on any atom is 0.331 e. The van der Waals surface area contributed by atoms with Crippen LogP contribution in [0.2, 0.25) is 0 Å². The topological polar surface area (TPSA) is 152 Å². The number of benzene rings is 3. The Hall–Kier alpha value is -4.47. The van der Waals surface area contributed by atoms with E-state index >= 15 is 0 Å². The van der Waals surface area contributed by atoms with Crippen molar-refractivity contribution < 1.29 is 47.9 Å². The van der Waals surface area contributed by atoms with Gasteiger partial charge in [-0.1, -0.05) is 18.2 Å². The van der Waals surface area contributed by atoms with E-state index < -0.39 is 52.6 Å². The lowest BCUT2D eigenvalue weighted by molar-refractivity contribution is -0.194. The third-order valence-corrected chi connectivity index (χ3v) is 13.9. The summed E-state index contributed by atoms with van der Waals surface area (Å²) in [6, 6.07) is 7.29. The summed E-state index contributed by atoms with van der Waals surface area (Å²) in [6.45, 7) is 7.86. The molecule has 55 heavy (non-hydrogen) atoms. The minimum atomic E-state index is -1.40. The summed E-state index contributed by atoms with van der Waals surface area (Å²) in [7, 11) is 1.55. The Labute approximate surface area is 321 Å². The van der Waals surface area contributed by atoms with Crippen LogP contribution in [0.25, 0.3) is 11.0 Å². The van der Waals surface area contributed by atoms with Crippen LogP contribution >= 0.6 is 11.8 Å². The summed E-state index contributed by atoms with van der Waals surface area (Å²) in [5, 5.41) is 29.0. The van der Waals surface area contributed by atoms with E-state index in [9.17, 15) is 19.8 Å². The van der Waals surface area contributed by atoms with Crippen LogP contribution < -0.4 is 24.3 Å². The largest absolute Gasteiger partial charge is 0.504 e. The van der Waals surface area contributed by atoms with Crippen molar-refractivity contribution in [2.75, 3.05) is 39.9 Å². The molecule has 0 spiro atoms. The predicted octanol–water partition coefficient (Wildman–Crippen LogP) is 5.36. The fourth-order valence-corrected chi connectivity index (χ4v) is 12.0. The Morgan fingerprint density at radius 2 is 1.89 bits per heavy atom. The average molecular weight is 770 g/mol. The van der Waals surface area contributed by atoms with Crippen molar-refractivity contribution >= 4 is 34.7 Å². The number of para-hydroxylation sites is 1. The maximum absolute atomic E-state index is 14.3. The van der Waals surface area contributed by atoms with Crippen molar-refractivity contribution in [3.05, 3.63) is 75.0 Å². The SMILES string of the molecule is COc1c(C)cc2c(c1O)[C@@H]1C3[C@H](SC)c4c(OC(C)=O)c(C)c5c(c4[C@H](COC(=O)[C@@H]4NCCc6c4oc4ccccc64)N3[C@@]3(O)CN1C2(C)C3)OCO5. The molecule has 10 rings (SSSR count). The van der Waals surface area contributed by atoms with Crippen molar-refractivity contribution in [2.45, 2.75) is 81.2 Å². The molecule has 3 N–H and O–H groups in total. The zero-order chi connectivity index (χ0) is 38.3. The number of phenolic OH excluding ortho intramolecular Hbond substituents is 1. The normalized spacial score (nSPS) is 29.8. The van der Waals surface area contributed by atoms with Crippen LogP contribution in [0.5, 0.6) is 28.7 Å². The molecule has 7 atom stereocenters. The highest BCUT2D eigenvalue weighted by Gasteiger charge is 2.71. The second-order valence-electron chi connectivity index (χ2n) is 15.8. The van der Waals surface area contributed by atoms with Crippen LogP contribution in [0.1, 0.15) is 88.3 Å². The van der Waals surface area contributed by atoms with Crippen molar-refractivity contribution in [1.82, 2.24) is 15.1 Å². The third kappa shape index (κ3) is 4.57. The zero-order valence-electron chi connectivity index (χ0n) is 31.5. The molecular weight excluding hydrogens is 727 g/mol. The number of nitrogens with one attached hydrogen (secondary N) is 1. The van der Waals surface area contributed by atoms with Crippen LogP contribution in [0.3, 0.4) is 0 Å². The fraction of sp³-hybridized carbons (Fsp3) is 0.463. The molecular formula is C41H43N3O10S. The van der Waals surface area contributed by atoms with E-state index in [4.69, 9.17) is 28.1 Å². The van der Waals surface area contributed by atoms with Crippen molar-refractivity contribution in [1.29, 1.82) is 0 Å². The number of thioether (sulfide) groups is 1. The van der Waals surface area contributed by atoms with E-state index in [1.54, 1.807) is 18.9 Å². The molecule has 4 aromatic rings. The fourth-order valence-electron chi connectivity index (χ4n) is 10.9. The Morgan fingerprint density at radius 3 is 2.65 bits per heavy atom. The van der Waals surface area contributed by atoms with E-state index in [0.29, 0.717) is 70.4 Å². The smallest absolute Gasteiger partial charge is 0.331 e. The number of piperazine rings is 1. The van der Waals surface area contributed by atoms with Gasteiger partial charge in [0.1, 0.15) is 29.4 Å². The molecule has 288 valence electrons. The Morgan fingerprint density at radius 1 is 1.11 bits per heavy atom. The van der Waals surface area contributed by atoms with Crippen LogP contribution in [0, 0.1) is 13.8 Å². The minimum Gasteiger partial charge on any atom is -0.504 e. The summed E-state index contributed by atoms with van der Waals surface area (Å²) >= 11 is 1.56. The number of hydrogen-bond donors (Lipinski definition) is 3. The molecule has 2 bridgehead atoms. The molecule has 2 saturated heterocycles. The van der Waals surface area contributed by atoms with Gasteiger partial charge < -0.3 is 38.3 Å². The summed E-state index contributed by atoms with van der Waals surface area (Å²) in [5.41, 5.74) is 4.12. The highest BCUT2D eigenvalue weighted by Crippen LogP contribution is 2.70. The second kappa shape index (κ2) is 12.0. The van der Waals surface area contributed by atoms with Crippen LogP contribution in [-0.2, 0) is 26.3 Å². The van der Waals surface area contributed by atoms with Gasteiger partial charge in [-0.05, 0) is 56.7 Å². The van der Waals surface area contributed by atoms with Crippen molar-refractivity contribution in [2.24, 2.45) is 0 Å². The first-order chi connectivity index (χ1) is 26.4. The number of nitrogens with zero attached hydrogens (tertiary/aromatic N) is 2.